The molecule has 0 saturated carbocycles. The van der Waals surface area contributed by atoms with E-state index < -0.39 is 0 Å². The summed E-state index contributed by atoms with van der Waals surface area (Å²) >= 11 is 5.86. The number of rotatable bonds is 7. The number of oxazole rings is 1. The van der Waals surface area contributed by atoms with Crippen LogP contribution in [0.5, 0.6) is 0 Å². The van der Waals surface area contributed by atoms with E-state index in [-0.39, 0.29) is 24.5 Å². The Morgan fingerprint density at radius 3 is 2.70 bits per heavy atom. The minimum absolute atomic E-state index is 0.0252. The highest BCUT2D eigenvalue weighted by atomic mass is 35.5. The monoisotopic (exact) mass is 336 g/mol. The van der Waals surface area contributed by atoms with Crippen molar-refractivity contribution in [3.8, 4) is 11.3 Å². The zero-order valence-electron chi connectivity index (χ0n) is 13.3. The summed E-state index contributed by atoms with van der Waals surface area (Å²) in [6.07, 6.45) is 2.37. The second kappa shape index (κ2) is 8.13. The lowest BCUT2D eigenvalue weighted by Gasteiger charge is -2.18. The number of carbonyl (C=O) groups excluding carboxylic acids is 1. The number of halogens is 1. The van der Waals surface area contributed by atoms with Crippen LogP contribution in [-0.4, -0.2) is 28.6 Å². The van der Waals surface area contributed by atoms with Gasteiger partial charge in [0.25, 0.3) is 0 Å². The molecule has 1 amide bonds. The summed E-state index contributed by atoms with van der Waals surface area (Å²) in [6.45, 7) is 3.81. The second-order valence-electron chi connectivity index (χ2n) is 5.64. The van der Waals surface area contributed by atoms with Gasteiger partial charge in [-0.05, 0) is 37.1 Å². The summed E-state index contributed by atoms with van der Waals surface area (Å²) in [5, 5.41) is 12.6. The van der Waals surface area contributed by atoms with E-state index in [9.17, 15) is 4.79 Å². The van der Waals surface area contributed by atoms with E-state index in [4.69, 9.17) is 21.1 Å². The van der Waals surface area contributed by atoms with Crippen LogP contribution in [0.4, 0.5) is 0 Å². The number of aryl methyl sites for hydroxylation is 1. The maximum absolute atomic E-state index is 11.9. The third-order valence-corrected chi connectivity index (χ3v) is 4.03. The minimum Gasteiger partial charge on any atom is -0.441 e. The fraction of sp³-hybridized carbons (Fsp3) is 0.412. The molecule has 1 heterocycles. The van der Waals surface area contributed by atoms with Crippen LogP contribution >= 0.6 is 11.6 Å². The molecule has 124 valence electrons. The first-order valence-corrected chi connectivity index (χ1v) is 7.98. The molecule has 2 atom stereocenters. The molecule has 0 fully saturated rings. The molecular weight excluding hydrogens is 316 g/mol. The smallest absolute Gasteiger partial charge is 0.220 e. The van der Waals surface area contributed by atoms with Crippen molar-refractivity contribution in [3.05, 3.63) is 41.4 Å². The Balaban J connectivity index is 1.87. The van der Waals surface area contributed by atoms with Crippen molar-refractivity contribution in [2.24, 2.45) is 5.92 Å². The van der Waals surface area contributed by atoms with Gasteiger partial charge in [0, 0.05) is 36.1 Å². The Bertz CT molecular complexity index is 640. The minimum atomic E-state index is -0.0796. The third kappa shape index (κ3) is 5.08. The zero-order valence-corrected chi connectivity index (χ0v) is 14.0. The predicted octanol–water partition coefficient (Wildman–Crippen LogP) is 3.06. The molecule has 0 aliphatic rings. The summed E-state index contributed by atoms with van der Waals surface area (Å²) in [5.74, 6) is 1.12. The first-order valence-electron chi connectivity index (χ1n) is 7.60. The number of amides is 1. The molecule has 0 spiro atoms. The lowest BCUT2D eigenvalue weighted by atomic mass is 10.1. The fourth-order valence-electron chi connectivity index (χ4n) is 2.02. The summed E-state index contributed by atoms with van der Waals surface area (Å²) < 4.78 is 5.66. The molecule has 1 aromatic carbocycles. The van der Waals surface area contributed by atoms with Crippen LogP contribution in [0, 0.1) is 5.92 Å². The quantitative estimate of drug-likeness (QED) is 0.814. The van der Waals surface area contributed by atoms with Crippen LogP contribution < -0.4 is 5.32 Å². The number of nitrogens with one attached hydrogen (secondary N) is 1. The molecule has 0 bridgehead atoms. The Morgan fingerprint density at radius 2 is 2.04 bits per heavy atom. The number of aliphatic hydroxyl groups excluding tert-OH is 1. The van der Waals surface area contributed by atoms with Crippen molar-refractivity contribution in [1.82, 2.24) is 10.3 Å². The molecule has 0 aliphatic heterocycles. The van der Waals surface area contributed by atoms with Gasteiger partial charge in [0.05, 0.1) is 6.20 Å². The standard InChI is InChI=1S/C17H21ClN2O3/c1-11(10-21)12(2)20-16(22)7-8-17-19-9-15(23-17)13-3-5-14(18)6-4-13/h3-6,9,11-12,21H,7-8,10H2,1-2H3,(H,20,22). The molecule has 0 saturated heterocycles. The molecule has 2 unspecified atom stereocenters. The molecule has 5 nitrogen and oxygen atoms in total. The maximum Gasteiger partial charge on any atom is 0.220 e. The first-order chi connectivity index (χ1) is 11.0. The Kier molecular flexibility index (Phi) is 6.19. The first kappa shape index (κ1) is 17.5. The van der Waals surface area contributed by atoms with Crippen molar-refractivity contribution in [3.63, 3.8) is 0 Å². The number of aromatic nitrogens is 1. The van der Waals surface area contributed by atoms with Gasteiger partial charge in [-0.2, -0.15) is 0 Å². The average molecular weight is 337 g/mol. The normalized spacial score (nSPS) is 13.6. The van der Waals surface area contributed by atoms with Gasteiger partial charge in [-0.25, -0.2) is 4.98 Å². The van der Waals surface area contributed by atoms with Crippen LogP contribution in [-0.2, 0) is 11.2 Å². The van der Waals surface area contributed by atoms with E-state index in [1.54, 1.807) is 18.3 Å². The topological polar surface area (TPSA) is 75.4 Å². The number of hydrogen-bond acceptors (Lipinski definition) is 4. The summed E-state index contributed by atoms with van der Waals surface area (Å²) in [6, 6.07) is 7.22. The largest absolute Gasteiger partial charge is 0.441 e. The van der Waals surface area contributed by atoms with E-state index in [1.807, 2.05) is 26.0 Å². The Labute approximate surface area is 140 Å². The van der Waals surface area contributed by atoms with Gasteiger partial charge < -0.3 is 14.8 Å². The number of aliphatic hydroxyl groups is 1. The molecule has 0 radical (unpaired) electrons. The van der Waals surface area contributed by atoms with E-state index in [2.05, 4.69) is 10.3 Å². The third-order valence-electron chi connectivity index (χ3n) is 3.78. The van der Waals surface area contributed by atoms with E-state index in [0.29, 0.717) is 29.5 Å². The molecule has 2 N–H and O–H groups in total. The lowest BCUT2D eigenvalue weighted by Crippen LogP contribution is -2.38. The SMILES string of the molecule is CC(CO)C(C)NC(=O)CCc1ncc(-c2ccc(Cl)cc2)o1. The fourth-order valence-corrected chi connectivity index (χ4v) is 2.15. The van der Waals surface area contributed by atoms with Crippen molar-refractivity contribution in [2.45, 2.75) is 32.7 Å². The van der Waals surface area contributed by atoms with Gasteiger partial charge in [-0.15, -0.1) is 0 Å². The highest BCUT2D eigenvalue weighted by Gasteiger charge is 2.15. The molecule has 6 heteroatoms. The number of nitrogens with zero attached hydrogens (tertiary/aromatic N) is 1. The maximum atomic E-state index is 11.9. The molecule has 2 aromatic rings. The van der Waals surface area contributed by atoms with Crippen LogP contribution in [0.2, 0.25) is 5.02 Å². The highest BCUT2D eigenvalue weighted by Crippen LogP contribution is 2.22. The molecule has 23 heavy (non-hydrogen) atoms. The Morgan fingerprint density at radius 1 is 1.35 bits per heavy atom. The van der Waals surface area contributed by atoms with Gasteiger partial charge in [-0.3, -0.25) is 4.79 Å². The number of hydrogen-bond donors (Lipinski definition) is 2. The van der Waals surface area contributed by atoms with Crippen molar-refractivity contribution >= 4 is 17.5 Å². The predicted molar refractivity (Wildman–Crippen MR) is 89.1 cm³/mol. The molecule has 2 rings (SSSR count). The van der Waals surface area contributed by atoms with Crippen molar-refractivity contribution in [1.29, 1.82) is 0 Å². The van der Waals surface area contributed by atoms with Crippen molar-refractivity contribution < 1.29 is 14.3 Å². The van der Waals surface area contributed by atoms with Crippen LogP contribution in [0.1, 0.15) is 26.2 Å². The zero-order chi connectivity index (χ0) is 16.8. The number of carbonyl (C=O) groups is 1. The van der Waals surface area contributed by atoms with Crippen LogP contribution in [0.15, 0.2) is 34.9 Å². The summed E-state index contributed by atoms with van der Waals surface area (Å²) in [5.41, 5.74) is 0.892. The molecular formula is C17H21ClN2O3. The van der Waals surface area contributed by atoms with Crippen LogP contribution in [0.3, 0.4) is 0 Å². The highest BCUT2D eigenvalue weighted by molar-refractivity contribution is 6.30. The molecule has 0 aliphatic carbocycles. The van der Waals surface area contributed by atoms with E-state index >= 15 is 0 Å². The Hall–Kier alpha value is -1.85. The van der Waals surface area contributed by atoms with Gasteiger partial charge in [0.1, 0.15) is 0 Å². The summed E-state index contributed by atoms with van der Waals surface area (Å²) in [4.78, 5) is 16.1. The van der Waals surface area contributed by atoms with E-state index in [1.165, 1.54) is 0 Å². The van der Waals surface area contributed by atoms with Gasteiger partial charge in [0.15, 0.2) is 11.7 Å². The number of benzene rings is 1. The second-order valence-corrected chi connectivity index (χ2v) is 6.08. The molecule has 1 aromatic heterocycles. The van der Waals surface area contributed by atoms with Gasteiger partial charge in [-0.1, -0.05) is 18.5 Å². The van der Waals surface area contributed by atoms with Crippen molar-refractivity contribution in [2.75, 3.05) is 6.61 Å². The lowest BCUT2D eigenvalue weighted by molar-refractivity contribution is -0.122. The van der Waals surface area contributed by atoms with Gasteiger partial charge in [0.2, 0.25) is 5.91 Å². The van der Waals surface area contributed by atoms with Gasteiger partial charge >= 0.3 is 0 Å². The average Bonchev–Trinajstić information content (AvgIpc) is 3.01. The summed E-state index contributed by atoms with van der Waals surface area (Å²) in [7, 11) is 0. The van der Waals surface area contributed by atoms with Crippen LogP contribution in [0.25, 0.3) is 11.3 Å². The van der Waals surface area contributed by atoms with E-state index in [0.717, 1.165) is 5.56 Å².